The van der Waals surface area contributed by atoms with Crippen LogP contribution >= 0.6 is 0 Å². The van der Waals surface area contributed by atoms with Crippen molar-refractivity contribution in [3.8, 4) is 5.75 Å². The van der Waals surface area contributed by atoms with Gasteiger partial charge in [-0.15, -0.1) is 13.2 Å². The van der Waals surface area contributed by atoms with Gasteiger partial charge in [0.05, 0.1) is 0 Å². The van der Waals surface area contributed by atoms with E-state index in [0.717, 1.165) is 16.9 Å². The highest BCUT2D eigenvalue weighted by molar-refractivity contribution is 5.84. The zero-order chi connectivity index (χ0) is 26.3. The van der Waals surface area contributed by atoms with Crippen molar-refractivity contribution in [2.45, 2.75) is 96.3 Å². The van der Waals surface area contributed by atoms with Gasteiger partial charge in [0.1, 0.15) is 11.6 Å². The zero-order valence-electron chi connectivity index (χ0n) is 21.8. The first-order valence-corrected chi connectivity index (χ1v) is 13.9. The highest BCUT2D eigenvalue weighted by atomic mass is 19.4. The molecule has 5 heteroatoms. The summed E-state index contributed by atoms with van der Waals surface area (Å²) in [5.74, 6) is 0.979. The predicted octanol–water partition coefficient (Wildman–Crippen LogP) is 10.3. The van der Waals surface area contributed by atoms with Crippen LogP contribution in [0, 0.1) is 11.7 Å². The molecule has 0 aromatic heterocycles. The quantitative estimate of drug-likeness (QED) is 0.183. The maximum absolute atomic E-state index is 15.3. The largest absolute Gasteiger partial charge is 0.573 e. The molecule has 0 unspecified atom stereocenters. The van der Waals surface area contributed by atoms with E-state index < -0.39 is 6.36 Å². The fourth-order valence-corrected chi connectivity index (χ4v) is 5.76. The van der Waals surface area contributed by atoms with Crippen LogP contribution in [0.15, 0.2) is 54.6 Å². The van der Waals surface area contributed by atoms with Gasteiger partial charge in [0.2, 0.25) is 0 Å². The first-order valence-electron chi connectivity index (χ1n) is 13.9. The summed E-state index contributed by atoms with van der Waals surface area (Å²) in [4.78, 5) is 0. The lowest BCUT2D eigenvalue weighted by Crippen LogP contribution is -2.17. The second-order valence-corrected chi connectivity index (χ2v) is 10.6. The van der Waals surface area contributed by atoms with E-state index in [9.17, 15) is 13.2 Å². The van der Waals surface area contributed by atoms with Gasteiger partial charge in [0, 0.05) is 5.39 Å². The molecule has 3 aromatic rings. The van der Waals surface area contributed by atoms with Gasteiger partial charge in [0.25, 0.3) is 0 Å². The lowest BCUT2D eigenvalue weighted by molar-refractivity contribution is -0.274. The highest BCUT2D eigenvalue weighted by Gasteiger charge is 2.31. The number of ether oxygens (including phenoxy) is 1. The van der Waals surface area contributed by atoms with Gasteiger partial charge >= 0.3 is 6.36 Å². The lowest BCUT2D eigenvalue weighted by atomic mass is 9.76. The topological polar surface area (TPSA) is 9.23 Å². The van der Waals surface area contributed by atoms with Crippen molar-refractivity contribution in [1.82, 2.24) is 0 Å². The third kappa shape index (κ3) is 7.96. The minimum Gasteiger partial charge on any atom is -0.406 e. The molecular weight excluding hydrogens is 476 g/mol. The molecule has 0 atom stereocenters. The molecule has 200 valence electrons. The lowest BCUT2D eigenvalue weighted by Gasteiger charge is -2.29. The molecule has 37 heavy (non-hydrogen) atoms. The maximum atomic E-state index is 15.3. The number of alkyl halides is 3. The van der Waals surface area contributed by atoms with E-state index >= 15 is 4.39 Å². The van der Waals surface area contributed by atoms with Crippen molar-refractivity contribution in [1.29, 1.82) is 0 Å². The molecule has 0 amide bonds. The summed E-state index contributed by atoms with van der Waals surface area (Å²) in [7, 11) is 0. The summed E-state index contributed by atoms with van der Waals surface area (Å²) in [5.41, 5.74) is 2.78. The summed E-state index contributed by atoms with van der Waals surface area (Å²) < 4.78 is 56.2. The van der Waals surface area contributed by atoms with Crippen LogP contribution in [0.3, 0.4) is 0 Å². The number of hydrogen-bond acceptors (Lipinski definition) is 1. The third-order valence-electron chi connectivity index (χ3n) is 7.93. The Morgan fingerprint density at radius 3 is 2.24 bits per heavy atom. The average molecular weight is 515 g/mol. The Kier molecular flexibility index (Phi) is 9.50. The molecular formula is C32H38F4O. The molecule has 1 fully saturated rings. The minimum atomic E-state index is -4.71. The normalized spacial score (nSPS) is 18.3. The monoisotopic (exact) mass is 514 g/mol. The predicted molar refractivity (Wildman–Crippen MR) is 143 cm³/mol. The molecule has 0 saturated heterocycles. The van der Waals surface area contributed by atoms with Crippen molar-refractivity contribution in [3.63, 3.8) is 0 Å². The Bertz CT molecular complexity index is 1130. The van der Waals surface area contributed by atoms with Crippen LogP contribution in [0.25, 0.3) is 10.8 Å². The Labute approximate surface area is 218 Å². The van der Waals surface area contributed by atoms with Crippen LogP contribution in [0.5, 0.6) is 5.75 Å². The van der Waals surface area contributed by atoms with E-state index in [4.69, 9.17) is 0 Å². The Balaban J connectivity index is 1.32. The number of benzene rings is 3. The molecule has 4 rings (SSSR count). The van der Waals surface area contributed by atoms with Crippen molar-refractivity contribution in [3.05, 3.63) is 77.1 Å². The van der Waals surface area contributed by atoms with Gasteiger partial charge in [0.15, 0.2) is 0 Å². The van der Waals surface area contributed by atoms with E-state index in [-0.39, 0.29) is 11.6 Å². The Morgan fingerprint density at radius 1 is 0.811 bits per heavy atom. The molecule has 1 aliphatic carbocycles. The molecule has 0 spiro atoms. The summed E-state index contributed by atoms with van der Waals surface area (Å²) in [6.45, 7) is 2.26. The van der Waals surface area contributed by atoms with Gasteiger partial charge in [-0.05, 0) is 84.6 Å². The number of unbranched alkanes of at least 4 members (excludes halogenated alkanes) is 4. The van der Waals surface area contributed by atoms with Crippen LogP contribution < -0.4 is 4.74 Å². The molecule has 0 bridgehead atoms. The van der Waals surface area contributed by atoms with Crippen molar-refractivity contribution < 1.29 is 22.3 Å². The van der Waals surface area contributed by atoms with Crippen molar-refractivity contribution in [2.24, 2.45) is 5.92 Å². The molecule has 1 nitrogen and oxygen atoms in total. The SMILES string of the molecule is CCCCCCCC1CCC(c2ccc3c(F)c(CCc4ccc(OC(F)(F)F)cc4)ccc3c2)CC1. The molecule has 0 radical (unpaired) electrons. The van der Waals surface area contributed by atoms with Crippen LogP contribution in [0.2, 0.25) is 0 Å². The van der Waals surface area contributed by atoms with Crippen molar-refractivity contribution >= 4 is 10.8 Å². The summed E-state index contributed by atoms with van der Waals surface area (Å²) in [5, 5.41) is 1.57. The van der Waals surface area contributed by atoms with Gasteiger partial charge in [-0.25, -0.2) is 4.39 Å². The van der Waals surface area contributed by atoms with Crippen LogP contribution in [0.1, 0.15) is 93.7 Å². The summed E-state index contributed by atoms with van der Waals surface area (Å²) in [6.07, 6.45) is 9.47. The second kappa shape index (κ2) is 12.8. The van der Waals surface area contributed by atoms with E-state index in [1.54, 1.807) is 12.1 Å². The Morgan fingerprint density at radius 2 is 1.54 bits per heavy atom. The van der Waals surface area contributed by atoms with Gasteiger partial charge in [-0.1, -0.05) is 87.9 Å². The Hall–Kier alpha value is -2.56. The second-order valence-electron chi connectivity index (χ2n) is 10.6. The van der Waals surface area contributed by atoms with Crippen LogP contribution in [-0.4, -0.2) is 6.36 Å². The highest BCUT2D eigenvalue weighted by Crippen LogP contribution is 2.39. The van der Waals surface area contributed by atoms with E-state index in [0.29, 0.717) is 29.7 Å². The number of rotatable bonds is 11. The first kappa shape index (κ1) is 27.5. The minimum absolute atomic E-state index is 0.201. The van der Waals surface area contributed by atoms with Crippen molar-refractivity contribution in [2.75, 3.05) is 0 Å². The smallest absolute Gasteiger partial charge is 0.406 e. The summed E-state index contributed by atoms with van der Waals surface area (Å²) in [6, 6.07) is 15.8. The number of hydrogen-bond donors (Lipinski definition) is 0. The van der Waals surface area contributed by atoms with Gasteiger partial charge < -0.3 is 4.74 Å². The molecule has 0 aliphatic heterocycles. The fraction of sp³-hybridized carbons (Fsp3) is 0.500. The number of fused-ring (bicyclic) bond motifs is 1. The maximum Gasteiger partial charge on any atom is 0.573 e. The molecule has 1 aliphatic rings. The molecule has 1 saturated carbocycles. The zero-order valence-corrected chi connectivity index (χ0v) is 21.8. The molecule has 0 heterocycles. The van der Waals surface area contributed by atoms with Crippen LogP contribution in [-0.2, 0) is 12.8 Å². The van der Waals surface area contributed by atoms with Gasteiger partial charge in [-0.3, -0.25) is 0 Å². The third-order valence-corrected chi connectivity index (χ3v) is 7.93. The van der Waals surface area contributed by atoms with Crippen LogP contribution in [0.4, 0.5) is 17.6 Å². The number of aryl methyl sites for hydroxylation is 2. The first-order chi connectivity index (χ1) is 17.8. The number of halogens is 4. The van der Waals surface area contributed by atoms with E-state index in [2.05, 4.69) is 23.8 Å². The van der Waals surface area contributed by atoms with E-state index in [1.807, 2.05) is 18.2 Å². The van der Waals surface area contributed by atoms with E-state index in [1.165, 1.54) is 81.9 Å². The standard InChI is InChI=1S/C32H38F4O/c1-2-3-4-5-6-7-23-8-13-25(14-9-23)27-18-21-30-28(22-27)17-16-26(31(30)33)15-10-24-11-19-29(20-12-24)37-32(34,35)36/h11-12,16-23,25H,2-10,13-15H2,1H3. The fourth-order valence-electron chi connectivity index (χ4n) is 5.76. The van der Waals surface area contributed by atoms with Gasteiger partial charge in [-0.2, -0.15) is 0 Å². The molecule has 3 aromatic carbocycles. The average Bonchev–Trinajstić information content (AvgIpc) is 2.88. The molecule has 0 N–H and O–H groups in total. The summed E-state index contributed by atoms with van der Waals surface area (Å²) >= 11 is 0.